The van der Waals surface area contributed by atoms with Crippen molar-refractivity contribution in [1.29, 1.82) is 0 Å². The largest absolute Gasteiger partial charge is 0.508 e. The number of Topliss-reactive ketones (excluding diaryl/α,β-unsaturated/α-hetero) is 1. The number of carbonyl (C=O) groups is 4. The predicted octanol–water partition coefficient (Wildman–Crippen LogP) is 0.988. The predicted molar refractivity (Wildman–Crippen MR) is 115 cm³/mol. The minimum Gasteiger partial charge on any atom is -0.508 e. The maximum Gasteiger partial charge on any atom is 0.340 e. The van der Waals surface area contributed by atoms with E-state index in [4.69, 9.17) is 9.52 Å². The molecule has 2 aromatic rings. The smallest absolute Gasteiger partial charge is 0.340 e. The summed E-state index contributed by atoms with van der Waals surface area (Å²) in [6.07, 6.45) is -1.22. The Balaban J connectivity index is 2.21. The molecule has 11 heteroatoms. The van der Waals surface area contributed by atoms with Gasteiger partial charge in [0.05, 0.1) is 18.4 Å². The van der Waals surface area contributed by atoms with Crippen molar-refractivity contribution in [3.8, 4) is 5.75 Å². The van der Waals surface area contributed by atoms with Crippen LogP contribution in [0.4, 0.5) is 4.39 Å². The molecule has 0 spiro atoms. The summed E-state index contributed by atoms with van der Waals surface area (Å²) >= 11 is 0. The summed E-state index contributed by atoms with van der Waals surface area (Å²) in [5.74, 6) is -4.62. The highest BCUT2D eigenvalue weighted by atomic mass is 19.1. The molecule has 2 amide bonds. The van der Waals surface area contributed by atoms with E-state index in [0.29, 0.717) is 10.9 Å². The molecule has 1 heterocycles. The maximum atomic E-state index is 12.7. The highest BCUT2D eigenvalue weighted by Crippen LogP contribution is 2.23. The molecule has 0 saturated heterocycles. The van der Waals surface area contributed by atoms with Crippen molar-refractivity contribution in [2.75, 3.05) is 6.67 Å². The molecule has 0 bridgehead atoms. The number of phenols is 1. The fraction of sp³-hybridized carbons (Fsp3) is 0.409. The molecule has 0 fully saturated rings. The van der Waals surface area contributed by atoms with Crippen molar-refractivity contribution in [2.24, 2.45) is 5.92 Å². The van der Waals surface area contributed by atoms with Crippen LogP contribution in [0, 0.1) is 12.8 Å². The van der Waals surface area contributed by atoms with Gasteiger partial charge in [-0.2, -0.15) is 0 Å². The zero-order valence-electron chi connectivity index (χ0n) is 18.3. The van der Waals surface area contributed by atoms with Gasteiger partial charge >= 0.3 is 11.6 Å². The van der Waals surface area contributed by atoms with Gasteiger partial charge in [0.25, 0.3) is 0 Å². The number of aliphatic carboxylic acids is 1. The molecule has 4 N–H and O–H groups in total. The average Bonchev–Trinajstić information content (AvgIpc) is 2.72. The number of aryl methyl sites for hydroxylation is 1. The average molecular weight is 464 g/mol. The third-order valence-corrected chi connectivity index (χ3v) is 5.09. The van der Waals surface area contributed by atoms with Gasteiger partial charge in [0.15, 0.2) is 5.78 Å². The Labute approximate surface area is 187 Å². The summed E-state index contributed by atoms with van der Waals surface area (Å²) in [6.45, 7) is 3.38. The molecular weight excluding hydrogens is 439 g/mol. The number of carbonyl (C=O) groups excluding carboxylic acids is 3. The lowest BCUT2D eigenvalue weighted by Gasteiger charge is -2.24. The Bertz CT molecular complexity index is 1140. The summed E-state index contributed by atoms with van der Waals surface area (Å²) in [7, 11) is 0. The standard InChI is InChI=1S/C22H25FN2O8/c1-10(2)20(21(31)24-15(8-19(29)30)16(27)9-23)25-18(28)7-14-11(3)13-5-4-12(26)6-17(13)33-22(14)32/h4-6,10,15,20,26H,7-9H2,1-3H3,(H,24,31)(H,25,28)(H,29,30)/t15?,20-/m0/s1. The van der Waals surface area contributed by atoms with Crippen LogP contribution in [0.1, 0.15) is 31.4 Å². The monoisotopic (exact) mass is 464 g/mol. The number of hydrogen-bond acceptors (Lipinski definition) is 7. The number of alkyl halides is 1. The van der Waals surface area contributed by atoms with Gasteiger partial charge < -0.3 is 25.3 Å². The molecule has 0 aliphatic carbocycles. The molecule has 178 valence electrons. The Morgan fingerprint density at radius 3 is 2.39 bits per heavy atom. The Morgan fingerprint density at radius 1 is 1.15 bits per heavy atom. The quantitative estimate of drug-likeness (QED) is 0.378. The second-order valence-electron chi connectivity index (χ2n) is 7.90. The summed E-state index contributed by atoms with van der Waals surface area (Å²) in [5, 5.41) is 23.6. The number of rotatable bonds is 10. The van der Waals surface area contributed by atoms with E-state index in [-0.39, 0.29) is 16.9 Å². The molecule has 0 radical (unpaired) electrons. The zero-order chi connectivity index (χ0) is 24.9. The van der Waals surface area contributed by atoms with E-state index in [1.54, 1.807) is 26.8 Å². The third-order valence-electron chi connectivity index (χ3n) is 5.09. The van der Waals surface area contributed by atoms with Crippen LogP contribution in [0.15, 0.2) is 27.4 Å². The van der Waals surface area contributed by atoms with Crippen molar-refractivity contribution in [3.05, 3.63) is 39.7 Å². The van der Waals surface area contributed by atoms with E-state index in [2.05, 4.69) is 10.6 Å². The highest BCUT2D eigenvalue weighted by Gasteiger charge is 2.30. The molecule has 1 aromatic carbocycles. The van der Waals surface area contributed by atoms with Crippen molar-refractivity contribution >= 4 is 34.5 Å². The van der Waals surface area contributed by atoms with Crippen molar-refractivity contribution in [2.45, 2.75) is 45.7 Å². The zero-order valence-corrected chi connectivity index (χ0v) is 18.3. The Kier molecular flexibility index (Phi) is 8.27. The fourth-order valence-corrected chi connectivity index (χ4v) is 3.28. The van der Waals surface area contributed by atoms with E-state index in [1.807, 2.05) is 0 Å². The van der Waals surface area contributed by atoms with Gasteiger partial charge in [0.1, 0.15) is 30.1 Å². The second-order valence-corrected chi connectivity index (χ2v) is 7.90. The maximum absolute atomic E-state index is 12.7. The number of carboxylic acids is 1. The number of ketones is 1. The molecule has 2 atom stereocenters. The number of benzene rings is 1. The van der Waals surface area contributed by atoms with Gasteiger partial charge in [-0.25, -0.2) is 9.18 Å². The minimum absolute atomic E-state index is 0.0602. The van der Waals surface area contributed by atoms with Gasteiger partial charge in [-0.15, -0.1) is 0 Å². The molecule has 33 heavy (non-hydrogen) atoms. The van der Waals surface area contributed by atoms with E-state index >= 15 is 0 Å². The SMILES string of the molecule is Cc1c(CC(=O)N[C@H](C(=O)NC(CC(=O)O)C(=O)CF)C(C)C)c(=O)oc2cc(O)ccc12. The van der Waals surface area contributed by atoms with Gasteiger partial charge in [-0.3, -0.25) is 19.2 Å². The van der Waals surface area contributed by atoms with Crippen molar-refractivity contribution < 1.29 is 38.2 Å². The van der Waals surface area contributed by atoms with Gasteiger partial charge in [-0.1, -0.05) is 13.8 Å². The Morgan fingerprint density at radius 2 is 1.82 bits per heavy atom. The normalized spacial score (nSPS) is 12.9. The fourth-order valence-electron chi connectivity index (χ4n) is 3.28. The molecule has 2 rings (SSSR count). The van der Waals surface area contributed by atoms with Gasteiger partial charge in [-0.05, 0) is 30.5 Å². The van der Waals surface area contributed by atoms with E-state index in [0.717, 1.165) is 0 Å². The number of aromatic hydroxyl groups is 1. The highest BCUT2D eigenvalue weighted by molar-refractivity contribution is 5.95. The first kappa shape index (κ1) is 25.5. The van der Waals surface area contributed by atoms with Gasteiger partial charge in [0, 0.05) is 11.5 Å². The topological polar surface area (TPSA) is 163 Å². The van der Waals surface area contributed by atoms with Crippen LogP contribution in [-0.2, 0) is 25.6 Å². The minimum atomic E-state index is -1.58. The molecule has 10 nitrogen and oxygen atoms in total. The number of fused-ring (bicyclic) bond motifs is 1. The van der Waals surface area contributed by atoms with E-state index in [1.165, 1.54) is 12.1 Å². The molecule has 0 aliphatic heterocycles. The first-order valence-electron chi connectivity index (χ1n) is 10.1. The number of amides is 2. The van der Waals surface area contributed by atoms with Gasteiger partial charge in [0.2, 0.25) is 11.8 Å². The molecular formula is C22H25FN2O8. The van der Waals surface area contributed by atoms with E-state index in [9.17, 15) is 33.5 Å². The van der Waals surface area contributed by atoms with Crippen LogP contribution in [-0.4, -0.2) is 52.5 Å². The number of carboxylic acid groups (broad SMARTS) is 1. The number of halogens is 1. The third kappa shape index (κ3) is 6.37. The number of nitrogens with one attached hydrogen (secondary N) is 2. The lowest BCUT2D eigenvalue weighted by Crippen LogP contribution is -2.54. The van der Waals surface area contributed by atoms with Crippen LogP contribution in [0.25, 0.3) is 11.0 Å². The molecule has 1 unspecified atom stereocenters. The van der Waals surface area contributed by atoms with Crippen LogP contribution in [0.2, 0.25) is 0 Å². The van der Waals surface area contributed by atoms with E-state index < -0.39 is 66.7 Å². The summed E-state index contributed by atoms with van der Waals surface area (Å²) in [5.41, 5.74) is -0.0913. The lowest BCUT2D eigenvalue weighted by atomic mass is 10.00. The number of hydrogen-bond donors (Lipinski definition) is 4. The van der Waals surface area contributed by atoms with Crippen molar-refractivity contribution in [1.82, 2.24) is 10.6 Å². The first-order chi connectivity index (χ1) is 15.4. The lowest BCUT2D eigenvalue weighted by molar-refractivity contribution is -0.140. The van der Waals surface area contributed by atoms with Crippen LogP contribution < -0.4 is 16.3 Å². The van der Waals surface area contributed by atoms with Crippen molar-refractivity contribution in [3.63, 3.8) is 0 Å². The molecule has 1 aromatic heterocycles. The van der Waals surface area contributed by atoms with Crippen LogP contribution >= 0.6 is 0 Å². The summed E-state index contributed by atoms with van der Waals surface area (Å²) in [6, 6.07) is 1.47. The number of phenolic OH excluding ortho intramolecular Hbond substituents is 1. The molecule has 0 aliphatic rings. The second kappa shape index (κ2) is 10.7. The summed E-state index contributed by atoms with van der Waals surface area (Å²) < 4.78 is 17.9. The van der Waals surface area contributed by atoms with Crippen LogP contribution in [0.3, 0.4) is 0 Å². The molecule has 0 saturated carbocycles. The van der Waals surface area contributed by atoms with Crippen LogP contribution in [0.5, 0.6) is 5.75 Å². The summed E-state index contributed by atoms with van der Waals surface area (Å²) in [4.78, 5) is 60.2. The first-order valence-corrected chi connectivity index (χ1v) is 10.1. The Hall–Kier alpha value is -3.76.